The minimum Gasteiger partial charge on any atom is -0.385 e. The van der Waals surface area contributed by atoms with E-state index < -0.39 is 9.84 Å². The van der Waals surface area contributed by atoms with Gasteiger partial charge >= 0.3 is 0 Å². The van der Waals surface area contributed by atoms with Gasteiger partial charge in [-0.3, -0.25) is 0 Å². The SMILES string of the molecule is COCCCNCCN1CCCS(=O)(=O)CC1. The van der Waals surface area contributed by atoms with Gasteiger partial charge in [0.2, 0.25) is 0 Å². The van der Waals surface area contributed by atoms with Crippen molar-refractivity contribution in [2.45, 2.75) is 12.8 Å². The van der Waals surface area contributed by atoms with Crippen molar-refractivity contribution in [3.8, 4) is 0 Å². The van der Waals surface area contributed by atoms with Gasteiger partial charge < -0.3 is 15.0 Å². The number of rotatable bonds is 7. The normalized spacial score (nSPS) is 21.2. The first-order chi connectivity index (χ1) is 8.14. The molecule has 6 heteroatoms. The molecule has 17 heavy (non-hydrogen) atoms. The predicted molar refractivity (Wildman–Crippen MR) is 69.1 cm³/mol. The van der Waals surface area contributed by atoms with Crippen LogP contribution in [0.15, 0.2) is 0 Å². The van der Waals surface area contributed by atoms with Gasteiger partial charge in [0.05, 0.1) is 11.5 Å². The Morgan fingerprint density at radius 2 is 2.06 bits per heavy atom. The van der Waals surface area contributed by atoms with Crippen molar-refractivity contribution >= 4 is 9.84 Å². The van der Waals surface area contributed by atoms with Crippen molar-refractivity contribution in [3.05, 3.63) is 0 Å². The molecule has 102 valence electrons. The highest BCUT2D eigenvalue weighted by Crippen LogP contribution is 2.03. The van der Waals surface area contributed by atoms with Gasteiger partial charge in [-0.2, -0.15) is 0 Å². The van der Waals surface area contributed by atoms with Crippen LogP contribution in [0.25, 0.3) is 0 Å². The molecule has 0 aromatic carbocycles. The fourth-order valence-electron chi connectivity index (χ4n) is 1.92. The fraction of sp³-hybridized carbons (Fsp3) is 1.00. The Bertz CT molecular complexity index is 293. The average Bonchev–Trinajstić information content (AvgIpc) is 2.45. The molecule has 1 fully saturated rings. The molecule has 5 nitrogen and oxygen atoms in total. The molecule has 1 heterocycles. The Balaban J connectivity index is 2.07. The molecule has 0 spiro atoms. The molecule has 1 saturated heterocycles. The van der Waals surface area contributed by atoms with Crippen molar-refractivity contribution in [3.63, 3.8) is 0 Å². The molecule has 0 aromatic heterocycles. The van der Waals surface area contributed by atoms with E-state index in [-0.39, 0.29) is 0 Å². The standard InChI is InChI=1S/C11H24N2O3S/c1-16-9-2-4-12-5-7-13-6-3-10-17(14,15)11-8-13/h12H,2-11H2,1H3. The van der Waals surface area contributed by atoms with Crippen molar-refractivity contribution < 1.29 is 13.2 Å². The first-order valence-electron chi connectivity index (χ1n) is 6.26. The van der Waals surface area contributed by atoms with Crippen LogP contribution in [0.2, 0.25) is 0 Å². The third kappa shape index (κ3) is 6.98. The number of hydrogen-bond donors (Lipinski definition) is 1. The molecule has 0 bridgehead atoms. The van der Waals surface area contributed by atoms with E-state index in [4.69, 9.17) is 4.74 Å². The zero-order valence-corrected chi connectivity index (χ0v) is 11.5. The summed E-state index contributed by atoms with van der Waals surface area (Å²) >= 11 is 0. The lowest BCUT2D eigenvalue weighted by Crippen LogP contribution is -2.34. The summed E-state index contributed by atoms with van der Waals surface area (Å²) in [4.78, 5) is 2.23. The van der Waals surface area contributed by atoms with Gasteiger partial charge in [-0.15, -0.1) is 0 Å². The summed E-state index contributed by atoms with van der Waals surface area (Å²) < 4.78 is 27.8. The number of nitrogens with zero attached hydrogens (tertiary/aromatic N) is 1. The molecule has 0 unspecified atom stereocenters. The van der Waals surface area contributed by atoms with E-state index in [1.165, 1.54) is 0 Å². The molecule has 1 rings (SSSR count). The summed E-state index contributed by atoms with van der Waals surface area (Å²) in [6, 6.07) is 0. The first-order valence-corrected chi connectivity index (χ1v) is 8.08. The maximum absolute atomic E-state index is 11.4. The van der Waals surface area contributed by atoms with Crippen LogP contribution < -0.4 is 5.32 Å². The molecule has 1 N–H and O–H groups in total. The molecule has 0 radical (unpaired) electrons. The van der Waals surface area contributed by atoms with Crippen LogP contribution in [0.4, 0.5) is 0 Å². The van der Waals surface area contributed by atoms with E-state index in [0.29, 0.717) is 18.1 Å². The summed E-state index contributed by atoms with van der Waals surface area (Å²) in [5.41, 5.74) is 0. The fourth-order valence-corrected chi connectivity index (χ4v) is 3.23. The second-order valence-corrected chi connectivity index (χ2v) is 6.75. The number of nitrogens with one attached hydrogen (secondary N) is 1. The molecule has 1 aliphatic rings. The van der Waals surface area contributed by atoms with Crippen LogP contribution >= 0.6 is 0 Å². The Hall–Kier alpha value is -0.170. The monoisotopic (exact) mass is 264 g/mol. The molecular formula is C11H24N2O3S. The lowest BCUT2D eigenvalue weighted by atomic mass is 10.4. The van der Waals surface area contributed by atoms with E-state index in [0.717, 1.165) is 45.6 Å². The minimum absolute atomic E-state index is 0.316. The number of hydrogen-bond acceptors (Lipinski definition) is 5. The van der Waals surface area contributed by atoms with Gasteiger partial charge in [0.1, 0.15) is 0 Å². The molecule has 0 atom stereocenters. The van der Waals surface area contributed by atoms with Crippen LogP contribution in [-0.4, -0.2) is 71.3 Å². The minimum atomic E-state index is -2.77. The van der Waals surface area contributed by atoms with Crippen LogP contribution in [0, 0.1) is 0 Å². The highest BCUT2D eigenvalue weighted by atomic mass is 32.2. The zero-order chi connectivity index (χ0) is 12.6. The maximum atomic E-state index is 11.4. The average molecular weight is 264 g/mol. The van der Waals surface area contributed by atoms with Crippen LogP contribution in [0.1, 0.15) is 12.8 Å². The van der Waals surface area contributed by atoms with Crippen molar-refractivity contribution in [1.29, 1.82) is 0 Å². The Morgan fingerprint density at radius 1 is 1.24 bits per heavy atom. The Morgan fingerprint density at radius 3 is 2.82 bits per heavy atom. The van der Waals surface area contributed by atoms with Gasteiger partial charge in [0, 0.05) is 33.4 Å². The maximum Gasteiger partial charge on any atom is 0.151 e. The number of ether oxygens (including phenoxy) is 1. The van der Waals surface area contributed by atoms with Gasteiger partial charge in [-0.1, -0.05) is 0 Å². The molecule has 0 aromatic rings. The van der Waals surface area contributed by atoms with Gasteiger partial charge in [0.15, 0.2) is 9.84 Å². The lowest BCUT2D eigenvalue weighted by molar-refractivity contribution is 0.193. The largest absolute Gasteiger partial charge is 0.385 e. The molecule has 0 amide bonds. The highest BCUT2D eigenvalue weighted by Gasteiger charge is 2.18. The number of sulfone groups is 1. The Kier molecular flexibility index (Phi) is 7.03. The van der Waals surface area contributed by atoms with E-state index >= 15 is 0 Å². The van der Waals surface area contributed by atoms with Crippen LogP contribution in [0.3, 0.4) is 0 Å². The van der Waals surface area contributed by atoms with Gasteiger partial charge in [-0.25, -0.2) is 8.42 Å². The second kappa shape index (κ2) is 8.02. The molecule has 0 aliphatic carbocycles. The third-order valence-electron chi connectivity index (χ3n) is 2.96. The Labute approximate surface area is 104 Å². The predicted octanol–water partition coefficient (Wildman–Crippen LogP) is -0.267. The smallest absolute Gasteiger partial charge is 0.151 e. The molecule has 1 aliphatic heterocycles. The third-order valence-corrected chi connectivity index (χ3v) is 4.67. The van der Waals surface area contributed by atoms with Crippen molar-refractivity contribution in [2.75, 3.05) is 57.9 Å². The van der Waals surface area contributed by atoms with Gasteiger partial charge in [-0.05, 0) is 25.9 Å². The summed E-state index contributed by atoms with van der Waals surface area (Å²) in [6.07, 6.45) is 1.79. The van der Waals surface area contributed by atoms with Crippen molar-refractivity contribution in [2.24, 2.45) is 0 Å². The highest BCUT2D eigenvalue weighted by molar-refractivity contribution is 7.91. The molecular weight excluding hydrogens is 240 g/mol. The first kappa shape index (κ1) is 14.9. The van der Waals surface area contributed by atoms with Crippen LogP contribution in [0.5, 0.6) is 0 Å². The quantitative estimate of drug-likeness (QED) is 0.642. The van der Waals surface area contributed by atoms with E-state index in [9.17, 15) is 8.42 Å². The van der Waals surface area contributed by atoms with Gasteiger partial charge in [0.25, 0.3) is 0 Å². The van der Waals surface area contributed by atoms with E-state index in [2.05, 4.69) is 10.2 Å². The van der Waals surface area contributed by atoms with Crippen LogP contribution in [-0.2, 0) is 14.6 Å². The summed E-state index contributed by atoms with van der Waals surface area (Å²) in [5.74, 6) is 0.668. The second-order valence-electron chi connectivity index (χ2n) is 4.44. The van der Waals surface area contributed by atoms with Crippen molar-refractivity contribution in [1.82, 2.24) is 10.2 Å². The molecule has 0 saturated carbocycles. The summed E-state index contributed by atoms with van der Waals surface area (Å²) in [5, 5.41) is 3.34. The zero-order valence-electron chi connectivity index (χ0n) is 10.7. The number of methoxy groups -OCH3 is 1. The van der Waals surface area contributed by atoms with E-state index in [1.54, 1.807) is 7.11 Å². The topological polar surface area (TPSA) is 58.6 Å². The summed E-state index contributed by atoms with van der Waals surface area (Å²) in [7, 11) is -1.07. The van der Waals surface area contributed by atoms with E-state index in [1.807, 2.05) is 0 Å². The summed E-state index contributed by atoms with van der Waals surface area (Å²) in [6.45, 7) is 5.18. The lowest BCUT2D eigenvalue weighted by Gasteiger charge is -2.19.